The van der Waals surface area contributed by atoms with Crippen LogP contribution >= 0.6 is 0 Å². The summed E-state index contributed by atoms with van der Waals surface area (Å²) in [7, 11) is 4.84. The summed E-state index contributed by atoms with van der Waals surface area (Å²) in [5.41, 5.74) is 1.35. The molecular formula is C20H22N2O4. The van der Waals surface area contributed by atoms with Crippen molar-refractivity contribution >= 4 is 17.5 Å². The topological polar surface area (TPSA) is 67.9 Å². The van der Waals surface area contributed by atoms with Crippen molar-refractivity contribution in [2.45, 2.75) is 0 Å². The molecule has 2 rings (SSSR count). The minimum absolute atomic E-state index is 0.160. The monoisotopic (exact) mass is 354 g/mol. The fraction of sp³-hybridized carbons (Fsp3) is 0.200. The zero-order chi connectivity index (χ0) is 19.1. The van der Waals surface area contributed by atoms with Crippen molar-refractivity contribution in [1.29, 1.82) is 0 Å². The van der Waals surface area contributed by atoms with Crippen LogP contribution < -0.4 is 14.8 Å². The van der Waals surface area contributed by atoms with Gasteiger partial charge in [0, 0.05) is 25.2 Å². The molecule has 1 N–H and O–H groups in total. The third-order valence-corrected chi connectivity index (χ3v) is 3.59. The first-order valence-electron chi connectivity index (χ1n) is 8.01. The lowest BCUT2D eigenvalue weighted by Crippen LogP contribution is -2.22. The lowest BCUT2D eigenvalue weighted by atomic mass is 10.1. The number of rotatable bonds is 7. The van der Waals surface area contributed by atoms with E-state index < -0.39 is 0 Å². The van der Waals surface area contributed by atoms with E-state index in [2.05, 4.69) is 11.9 Å². The summed E-state index contributed by atoms with van der Waals surface area (Å²) in [6, 6.07) is 11.6. The lowest BCUT2D eigenvalue weighted by Gasteiger charge is -2.14. The van der Waals surface area contributed by atoms with Crippen molar-refractivity contribution in [2.75, 3.05) is 33.1 Å². The van der Waals surface area contributed by atoms with Crippen molar-refractivity contribution < 1.29 is 19.1 Å². The molecule has 0 fully saturated rings. The second-order valence-corrected chi connectivity index (χ2v) is 5.69. The van der Waals surface area contributed by atoms with Gasteiger partial charge in [0.1, 0.15) is 18.1 Å². The number of hydrogen-bond acceptors (Lipinski definition) is 4. The number of nitrogens with one attached hydrogen (secondary N) is 1. The van der Waals surface area contributed by atoms with E-state index in [1.54, 1.807) is 62.6 Å². The van der Waals surface area contributed by atoms with Gasteiger partial charge in [0.25, 0.3) is 11.8 Å². The number of methoxy groups -OCH3 is 1. The van der Waals surface area contributed by atoms with Crippen molar-refractivity contribution in [2.24, 2.45) is 0 Å². The zero-order valence-corrected chi connectivity index (χ0v) is 15.1. The van der Waals surface area contributed by atoms with Crippen molar-refractivity contribution in [1.82, 2.24) is 4.90 Å². The molecule has 136 valence electrons. The van der Waals surface area contributed by atoms with Gasteiger partial charge in [0.05, 0.1) is 12.8 Å². The summed E-state index contributed by atoms with van der Waals surface area (Å²) < 4.78 is 10.7. The number of benzene rings is 2. The summed E-state index contributed by atoms with van der Waals surface area (Å²) in [6.45, 7) is 3.99. The summed E-state index contributed by atoms with van der Waals surface area (Å²) >= 11 is 0. The molecule has 0 saturated carbocycles. The molecule has 0 aromatic heterocycles. The summed E-state index contributed by atoms with van der Waals surface area (Å²) in [4.78, 5) is 26.1. The number of anilines is 1. The standard InChI is InChI=1S/C20H22N2O4/c1-5-12-26-16-9-6-14(7-10-16)19(23)21-17-13-15(20(24)22(2)3)8-11-18(17)25-4/h5-11,13H,1,12H2,2-4H3,(H,21,23). The predicted molar refractivity (Wildman–Crippen MR) is 101 cm³/mol. The van der Waals surface area contributed by atoms with E-state index in [0.29, 0.717) is 34.9 Å². The number of nitrogens with zero attached hydrogens (tertiary/aromatic N) is 1. The molecule has 6 nitrogen and oxygen atoms in total. The quantitative estimate of drug-likeness (QED) is 0.775. The van der Waals surface area contributed by atoms with Crippen molar-refractivity contribution in [3.63, 3.8) is 0 Å². The molecule has 0 atom stereocenters. The average Bonchev–Trinajstić information content (AvgIpc) is 2.65. The molecule has 26 heavy (non-hydrogen) atoms. The predicted octanol–water partition coefficient (Wildman–Crippen LogP) is 3.21. The molecule has 0 saturated heterocycles. The Morgan fingerprint density at radius 1 is 1.12 bits per heavy atom. The van der Waals surface area contributed by atoms with Crippen molar-refractivity contribution in [3.05, 3.63) is 66.2 Å². The first-order valence-corrected chi connectivity index (χ1v) is 8.01. The van der Waals surface area contributed by atoms with E-state index in [9.17, 15) is 9.59 Å². The van der Waals surface area contributed by atoms with Gasteiger partial charge in [0.2, 0.25) is 0 Å². The van der Waals surface area contributed by atoms with Gasteiger partial charge in [-0.25, -0.2) is 0 Å². The Hall–Kier alpha value is -3.28. The Morgan fingerprint density at radius 3 is 2.35 bits per heavy atom. The average molecular weight is 354 g/mol. The molecule has 0 heterocycles. The van der Waals surface area contributed by atoms with Crippen LogP contribution in [0.5, 0.6) is 11.5 Å². The number of carbonyl (C=O) groups is 2. The molecule has 0 spiro atoms. The summed E-state index contributed by atoms with van der Waals surface area (Å²) in [5.74, 6) is 0.650. The molecule has 2 amide bonds. The van der Waals surface area contributed by atoms with Gasteiger partial charge >= 0.3 is 0 Å². The van der Waals surface area contributed by atoms with Crippen LogP contribution in [0.1, 0.15) is 20.7 Å². The smallest absolute Gasteiger partial charge is 0.255 e. The van der Waals surface area contributed by atoms with Gasteiger partial charge in [0.15, 0.2) is 0 Å². The van der Waals surface area contributed by atoms with Crippen molar-refractivity contribution in [3.8, 4) is 11.5 Å². The molecule has 0 aliphatic rings. The fourth-order valence-electron chi connectivity index (χ4n) is 2.25. The molecule has 0 aliphatic carbocycles. The van der Waals surface area contributed by atoms with Crippen LogP contribution in [0.2, 0.25) is 0 Å². The first-order chi connectivity index (χ1) is 12.5. The molecule has 2 aromatic carbocycles. The molecule has 2 aromatic rings. The van der Waals surface area contributed by atoms with E-state index in [1.165, 1.54) is 12.0 Å². The van der Waals surface area contributed by atoms with E-state index in [0.717, 1.165) is 0 Å². The zero-order valence-electron chi connectivity index (χ0n) is 15.1. The van der Waals surface area contributed by atoms with Crippen LogP contribution in [0.4, 0.5) is 5.69 Å². The molecule has 0 unspecified atom stereocenters. The molecule has 0 radical (unpaired) electrons. The Kier molecular flexibility index (Phi) is 6.38. The molecule has 0 bridgehead atoms. The van der Waals surface area contributed by atoms with Gasteiger partial charge in [-0.3, -0.25) is 9.59 Å². The van der Waals surface area contributed by atoms with Crippen LogP contribution in [0.15, 0.2) is 55.1 Å². The van der Waals surface area contributed by atoms with Gasteiger partial charge < -0.3 is 19.7 Å². The van der Waals surface area contributed by atoms with Gasteiger partial charge in [-0.2, -0.15) is 0 Å². The number of ether oxygens (including phenoxy) is 2. The lowest BCUT2D eigenvalue weighted by molar-refractivity contribution is 0.0827. The maximum atomic E-state index is 12.5. The maximum Gasteiger partial charge on any atom is 0.255 e. The second kappa shape index (κ2) is 8.71. The van der Waals surface area contributed by atoms with E-state index in [-0.39, 0.29) is 11.8 Å². The first kappa shape index (κ1) is 19.1. The van der Waals surface area contributed by atoms with Gasteiger partial charge in [-0.1, -0.05) is 12.7 Å². The SMILES string of the molecule is C=CCOc1ccc(C(=O)Nc2cc(C(=O)N(C)C)ccc2OC)cc1. The van der Waals surface area contributed by atoms with Crippen LogP contribution in [0, 0.1) is 0 Å². The van der Waals surface area contributed by atoms with Crippen LogP contribution in [-0.2, 0) is 0 Å². The fourth-order valence-corrected chi connectivity index (χ4v) is 2.25. The minimum Gasteiger partial charge on any atom is -0.495 e. The minimum atomic E-state index is -0.312. The van der Waals surface area contributed by atoms with E-state index >= 15 is 0 Å². The maximum absolute atomic E-state index is 12.5. The molecule has 6 heteroatoms. The van der Waals surface area contributed by atoms with E-state index in [4.69, 9.17) is 9.47 Å². The Balaban J connectivity index is 2.20. The normalized spacial score (nSPS) is 9.96. The Labute approximate surface area is 153 Å². The Morgan fingerprint density at radius 2 is 1.77 bits per heavy atom. The second-order valence-electron chi connectivity index (χ2n) is 5.69. The number of carbonyl (C=O) groups excluding carboxylic acids is 2. The van der Waals surface area contributed by atoms with Crippen LogP contribution in [0.3, 0.4) is 0 Å². The van der Waals surface area contributed by atoms with Gasteiger partial charge in [-0.15, -0.1) is 0 Å². The summed E-state index contributed by atoms with van der Waals surface area (Å²) in [5, 5.41) is 2.78. The molecule has 0 aliphatic heterocycles. The van der Waals surface area contributed by atoms with Crippen LogP contribution in [0.25, 0.3) is 0 Å². The number of amides is 2. The third kappa shape index (κ3) is 4.63. The molecular weight excluding hydrogens is 332 g/mol. The summed E-state index contributed by atoms with van der Waals surface area (Å²) in [6.07, 6.45) is 1.65. The number of hydrogen-bond donors (Lipinski definition) is 1. The third-order valence-electron chi connectivity index (χ3n) is 3.59. The highest BCUT2D eigenvalue weighted by Gasteiger charge is 2.14. The highest BCUT2D eigenvalue weighted by molar-refractivity contribution is 6.06. The van der Waals surface area contributed by atoms with E-state index in [1.807, 2.05) is 0 Å². The highest BCUT2D eigenvalue weighted by atomic mass is 16.5. The largest absolute Gasteiger partial charge is 0.495 e. The Bertz CT molecular complexity index is 798. The van der Waals surface area contributed by atoms with Crippen LogP contribution in [-0.4, -0.2) is 44.5 Å². The highest BCUT2D eigenvalue weighted by Crippen LogP contribution is 2.26. The van der Waals surface area contributed by atoms with Gasteiger partial charge in [-0.05, 0) is 42.5 Å².